The highest BCUT2D eigenvalue weighted by atomic mass is 32.1. The number of nitrogens with one attached hydrogen (secondary N) is 1. The number of nitrogens with zero attached hydrogens (tertiary/aromatic N) is 2. The summed E-state index contributed by atoms with van der Waals surface area (Å²) in [5.41, 5.74) is 1.38. The molecule has 1 saturated carbocycles. The van der Waals surface area contributed by atoms with Gasteiger partial charge in [-0.1, -0.05) is 0 Å². The normalized spacial score (nSPS) is 22.1. The van der Waals surface area contributed by atoms with Gasteiger partial charge in [-0.3, -0.25) is 0 Å². The van der Waals surface area contributed by atoms with Crippen LogP contribution < -0.4 is 10.2 Å². The molecule has 82 valence electrons. The van der Waals surface area contributed by atoms with Gasteiger partial charge >= 0.3 is 0 Å². The Hall–Kier alpha value is -0.610. The molecule has 0 bridgehead atoms. The van der Waals surface area contributed by atoms with Crippen LogP contribution in [0.5, 0.6) is 0 Å². The minimum Gasteiger partial charge on any atom is -0.346 e. The molecule has 1 N–H and O–H groups in total. The van der Waals surface area contributed by atoms with Crippen molar-refractivity contribution in [3.63, 3.8) is 0 Å². The number of hydrogen-bond acceptors (Lipinski definition) is 4. The molecule has 0 amide bonds. The SMILES string of the molecule is Cc1sc(N2CCNCC2)nc1C1CC1. The number of aromatic nitrogens is 1. The van der Waals surface area contributed by atoms with Crippen molar-refractivity contribution in [2.45, 2.75) is 25.7 Å². The Balaban J connectivity index is 1.81. The molecule has 0 atom stereocenters. The molecule has 3 rings (SSSR count). The molecule has 1 aromatic heterocycles. The van der Waals surface area contributed by atoms with Gasteiger partial charge in [-0.15, -0.1) is 11.3 Å². The van der Waals surface area contributed by atoms with Crippen molar-refractivity contribution in [2.24, 2.45) is 0 Å². The lowest BCUT2D eigenvalue weighted by Crippen LogP contribution is -2.43. The van der Waals surface area contributed by atoms with Gasteiger partial charge < -0.3 is 10.2 Å². The molecule has 1 aromatic rings. The van der Waals surface area contributed by atoms with Gasteiger partial charge in [-0.25, -0.2) is 4.98 Å². The Morgan fingerprint density at radius 2 is 2.07 bits per heavy atom. The maximum Gasteiger partial charge on any atom is 0.185 e. The number of hydrogen-bond donors (Lipinski definition) is 1. The molecule has 0 spiro atoms. The first-order valence-electron chi connectivity index (χ1n) is 5.77. The van der Waals surface area contributed by atoms with E-state index >= 15 is 0 Å². The van der Waals surface area contributed by atoms with Gasteiger partial charge in [0, 0.05) is 37.0 Å². The molecule has 1 saturated heterocycles. The van der Waals surface area contributed by atoms with Crippen LogP contribution in [-0.2, 0) is 0 Å². The Morgan fingerprint density at radius 3 is 2.73 bits per heavy atom. The van der Waals surface area contributed by atoms with E-state index in [1.807, 2.05) is 11.3 Å². The zero-order valence-corrected chi connectivity index (χ0v) is 9.94. The van der Waals surface area contributed by atoms with E-state index in [0.717, 1.165) is 32.1 Å². The molecule has 2 aliphatic rings. The van der Waals surface area contributed by atoms with Gasteiger partial charge in [0.05, 0.1) is 5.69 Å². The van der Waals surface area contributed by atoms with Crippen molar-refractivity contribution in [1.82, 2.24) is 10.3 Å². The van der Waals surface area contributed by atoms with Crippen LogP contribution in [0.1, 0.15) is 29.3 Å². The standard InChI is InChI=1S/C11H17N3S/c1-8-10(9-2-3-9)13-11(15-8)14-6-4-12-5-7-14/h9,12H,2-7H2,1H3. The third kappa shape index (κ3) is 1.88. The summed E-state index contributed by atoms with van der Waals surface area (Å²) < 4.78 is 0. The van der Waals surface area contributed by atoms with Gasteiger partial charge in [0.2, 0.25) is 0 Å². The summed E-state index contributed by atoms with van der Waals surface area (Å²) in [5.74, 6) is 0.790. The quantitative estimate of drug-likeness (QED) is 0.828. The topological polar surface area (TPSA) is 28.2 Å². The average molecular weight is 223 g/mol. The molecule has 0 aromatic carbocycles. The number of anilines is 1. The lowest BCUT2D eigenvalue weighted by atomic mass is 10.3. The van der Waals surface area contributed by atoms with Gasteiger partial charge in [-0.05, 0) is 19.8 Å². The van der Waals surface area contributed by atoms with Crippen molar-refractivity contribution in [1.29, 1.82) is 0 Å². The fourth-order valence-electron chi connectivity index (χ4n) is 2.12. The zero-order chi connectivity index (χ0) is 10.3. The summed E-state index contributed by atoms with van der Waals surface area (Å²) in [6, 6.07) is 0. The van der Waals surface area contributed by atoms with Crippen LogP contribution in [0.15, 0.2) is 0 Å². The van der Waals surface area contributed by atoms with E-state index in [1.165, 1.54) is 28.5 Å². The van der Waals surface area contributed by atoms with Crippen molar-refractivity contribution in [3.8, 4) is 0 Å². The number of aryl methyl sites for hydroxylation is 1. The fraction of sp³-hybridized carbons (Fsp3) is 0.727. The smallest absolute Gasteiger partial charge is 0.185 e. The highest BCUT2D eigenvalue weighted by molar-refractivity contribution is 7.15. The lowest BCUT2D eigenvalue weighted by molar-refractivity contribution is 0.588. The van der Waals surface area contributed by atoms with E-state index in [-0.39, 0.29) is 0 Å². The Bertz CT molecular complexity index is 351. The number of piperazine rings is 1. The van der Waals surface area contributed by atoms with E-state index in [1.54, 1.807) is 0 Å². The van der Waals surface area contributed by atoms with Crippen LogP contribution in [0, 0.1) is 6.92 Å². The molecule has 4 heteroatoms. The van der Waals surface area contributed by atoms with Crippen LogP contribution in [-0.4, -0.2) is 31.2 Å². The first-order chi connectivity index (χ1) is 7.34. The fourth-order valence-corrected chi connectivity index (χ4v) is 3.17. The van der Waals surface area contributed by atoms with E-state index < -0.39 is 0 Å². The minimum atomic E-state index is 0.790. The second-order valence-corrected chi connectivity index (χ2v) is 5.63. The van der Waals surface area contributed by atoms with Gasteiger partial charge in [-0.2, -0.15) is 0 Å². The van der Waals surface area contributed by atoms with E-state index in [4.69, 9.17) is 4.98 Å². The molecule has 3 nitrogen and oxygen atoms in total. The van der Waals surface area contributed by atoms with Crippen molar-refractivity contribution in [3.05, 3.63) is 10.6 Å². The highest BCUT2D eigenvalue weighted by Crippen LogP contribution is 2.43. The summed E-state index contributed by atoms with van der Waals surface area (Å²) in [7, 11) is 0. The van der Waals surface area contributed by atoms with E-state index in [2.05, 4.69) is 17.1 Å². The van der Waals surface area contributed by atoms with Gasteiger partial charge in [0.1, 0.15) is 0 Å². The van der Waals surface area contributed by atoms with E-state index in [9.17, 15) is 0 Å². The first-order valence-corrected chi connectivity index (χ1v) is 6.59. The van der Waals surface area contributed by atoms with Gasteiger partial charge in [0.15, 0.2) is 5.13 Å². The molecule has 15 heavy (non-hydrogen) atoms. The lowest BCUT2D eigenvalue weighted by Gasteiger charge is -2.26. The largest absolute Gasteiger partial charge is 0.346 e. The second kappa shape index (κ2) is 3.76. The molecule has 2 heterocycles. The summed E-state index contributed by atoms with van der Waals surface area (Å²) in [6.07, 6.45) is 2.71. The molecule has 2 fully saturated rings. The Labute approximate surface area is 94.5 Å². The number of thiazole rings is 1. The van der Waals surface area contributed by atoms with Gasteiger partial charge in [0.25, 0.3) is 0 Å². The monoisotopic (exact) mass is 223 g/mol. The molecular formula is C11H17N3S. The van der Waals surface area contributed by atoms with Crippen LogP contribution in [0.3, 0.4) is 0 Å². The predicted octanol–water partition coefficient (Wildman–Crippen LogP) is 1.74. The second-order valence-electron chi connectivity index (χ2n) is 4.45. The zero-order valence-electron chi connectivity index (χ0n) is 9.12. The summed E-state index contributed by atoms with van der Waals surface area (Å²) in [6.45, 7) is 6.62. The van der Waals surface area contributed by atoms with Crippen LogP contribution in [0.4, 0.5) is 5.13 Å². The molecule has 1 aliphatic heterocycles. The maximum absolute atomic E-state index is 4.81. The third-order valence-electron chi connectivity index (χ3n) is 3.17. The van der Waals surface area contributed by atoms with Crippen LogP contribution in [0.25, 0.3) is 0 Å². The van der Waals surface area contributed by atoms with Crippen molar-refractivity contribution >= 4 is 16.5 Å². The summed E-state index contributed by atoms with van der Waals surface area (Å²) in [4.78, 5) is 8.66. The van der Waals surface area contributed by atoms with Crippen molar-refractivity contribution in [2.75, 3.05) is 31.1 Å². The third-order valence-corrected chi connectivity index (χ3v) is 4.22. The highest BCUT2D eigenvalue weighted by Gasteiger charge is 2.29. The molecule has 0 unspecified atom stereocenters. The van der Waals surface area contributed by atoms with Crippen LogP contribution >= 0.6 is 11.3 Å². The molecular weight excluding hydrogens is 206 g/mol. The van der Waals surface area contributed by atoms with Crippen LogP contribution in [0.2, 0.25) is 0 Å². The molecule has 0 radical (unpaired) electrons. The Morgan fingerprint density at radius 1 is 1.33 bits per heavy atom. The van der Waals surface area contributed by atoms with Crippen molar-refractivity contribution < 1.29 is 0 Å². The molecule has 1 aliphatic carbocycles. The van der Waals surface area contributed by atoms with E-state index in [0.29, 0.717) is 0 Å². The minimum absolute atomic E-state index is 0.790. The number of rotatable bonds is 2. The Kier molecular flexibility index (Phi) is 2.41. The first kappa shape index (κ1) is 9.60. The predicted molar refractivity (Wildman–Crippen MR) is 63.9 cm³/mol. The summed E-state index contributed by atoms with van der Waals surface area (Å²) in [5, 5.41) is 4.62. The average Bonchev–Trinajstić information content (AvgIpc) is 3.04. The summed E-state index contributed by atoms with van der Waals surface area (Å²) >= 11 is 1.88. The maximum atomic E-state index is 4.81.